The summed E-state index contributed by atoms with van der Waals surface area (Å²) in [5, 5.41) is 0. The van der Waals surface area contributed by atoms with E-state index in [0.29, 0.717) is 25.1 Å². The van der Waals surface area contributed by atoms with Crippen LogP contribution in [0.2, 0.25) is 0 Å². The highest BCUT2D eigenvalue weighted by molar-refractivity contribution is 5.70. The van der Waals surface area contributed by atoms with E-state index >= 15 is 0 Å². The second kappa shape index (κ2) is 9.80. The second-order valence-corrected chi connectivity index (χ2v) is 6.96. The zero-order valence-electron chi connectivity index (χ0n) is 17.5. The maximum Gasteiger partial charge on any atom is 0.333 e. The summed E-state index contributed by atoms with van der Waals surface area (Å²) < 4.78 is 12.6. The molecule has 3 aromatic rings. The van der Waals surface area contributed by atoms with Crippen LogP contribution in [0.4, 0.5) is 0 Å². The number of aromatic amines is 1. The number of carbonyl (C=O) groups excluding carboxylic acids is 1. The Balaban J connectivity index is 1.92. The van der Waals surface area contributed by atoms with E-state index in [0.717, 1.165) is 15.9 Å². The summed E-state index contributed by atoms with van der Waals surface area (Å²) in [5.74, 6) is 3.29. The van der Waals surface area contributed by atoms with Gasteiger partial charge in [-0.15, -0.1) is 6.42 Å². The van der Waals surface area contributed by atoms with Crippen molar-refractivity contribution in [1.82, 2.24) is 19.1 Å². The molecular weight excluding hydrogens is 400 g/mol. The Bertz CT molecular complexity index is 1250. The van der Waals surface area contributed by atoms with Crippen LogP contribution in [0.1, 0.15) is 24.7 Å². The van der Waals surface area contributed by atoms with Crippen LogP contribution in [0.15, 0.2) is 33.9 Å². The lowest BCUT2D eigenvalue weighted by molar-refractivity contribution is -0.141. The lowest BCUT2D eigenvalue weighted by Gasteiger charge is -2.09. The molecule has 31 heavy (non-hydrogen) atoms. The Kier molecular flexibility index (Phi) is 6.92. The molecule has 162 valence electrons. The highest BCUT2D eigenvalue weighted by atomic mass is 16.5. The van der Waals surface area contributed by atoms with Gasteiger partial charge in [0.05, 0.1) is 20.3 Å². The summed E-state index contributed by atoms with van der Waals surface area (Å²) in [4.78, 5) is 44.1. The largest absolute Gasteiger partial charge is 0.497 e. The van der Waals surface area contributed by atoms with Gasteiger partial charge in [0.1, 0.15) is 17.1 Å². The van der Waals surface area contributed by atoms with E-state index in [-0.39, 0.29) is 30.9 Å². The Morgan fingerprint density at radius 1 is 1.26 bits per heavy atom. The molecule has 3 rings (SSSR count). The monoisotopic (exact) mass is 424 g/mol. The molecule has 0 saturated heterocycles. The number of carbonyl (C=O) groups is 1. The first-order chi connectivity index (χ1) is 14.9. The molecule has 0 spiro atoms. The maximum atomic E-state index is 12.8. The fourth-order valence-electron chi connectivity index (χ4n) is 3.29. The van der Waals surface area contributed by atoms with Crippen molar-refractivity contribution in [1.29, 1.82) is 0 Å². The van der Waals surface area contributed by atoms with Crippen LogP contribution in [-0.2, 0) is 35.5 Å². The number of nitrogens with zero attached hydrogens (tertiary/aromatic N) is 3. The molecule has 0 radical (unpaired) electrons. The van der Waals surface area contributed by atoms with Crippen molar-refractivity contribution in [3.63, 3.8) is 0 Å². The smallest absolute Gasteiger partial charge is 0.333 e. The summed E-state index contributed by atoms with van der Waals surface area (Å²) in [6.45, 7) is 1.56. The van der Waals surface area contributed by atoms with E-state index in [2.05, 4.69) is 15.9 Å². The topological polar surface area (TPSA) is 108 Å². The molecule has 0 aliphatic carbocycles. The number of terminal acetylenes is 1. The summed E-state index contributed by atoms with van der Waals surface area (Å²) in [6.07, 6.45) is 6.95. The highest BCUT2D eigenvalue weighted by Gasteiger charge is 2.17. The van der Waals surface area contributed by atoms with Crippen LogP contribution in [0.25, 0.3) is 11.2 Å². The molecule has 2 aromatic heterocycles. The Labute approximate surface area is 178 Å². The highest BCUT2D eigenvalue weighted by Crippen LogP contribution is 2.15. The van der Waals surface area contributed by atoms with Gasteiger partial charge >= 0.3 is 11.7 Å². The first-order valence-electron chi connectivity index (χ1n) is 9.86. The number of hydrogen-bond acceptors (Lipinski definition) is 6. The number of methoxy groups -OCH3 is 1. The molecular formula is C22H24N4O5. The van der Waals surface area contributed by atoms with E-state index in [9.17, 15) is 14.4 Å². The van der Waals surface area contributed by atoms with Gasteiger partial charge in [-0.3, -0.25) is 14.2 Å². The minimum Gasteiger partial charge on any atom is -0.497 e. The zero-order chi connectivity index (χ0) is 22.4. The molecule has 0 aliphatic heterocycles. The van der Waals surface area contributed by atoms with Gasteiger partial charge < -0.3 is 14.5 Å². The molecule has 0 atom stereocenters. The zero-order valence-corrected chi connectivity index (χ0v) is 17.5. The summed E-state index contributed by atoms with van der Waals surface area (Å²) >= 11 is 0. The number of fused-ring (bicyclic) bond motifs is 1. The van der Waals surface area contributed by atoms with Crippen molar-refractivity contribution in [2.24, 2.45) is 0 Å². The van der Waals surface area contributed by atoms with Crippen molar-refractivity contribution < 1.29 is 14.3 Å². The number of aromatic nitrogens is 4. The molecule has 1 aromatic carbocycles. The molecule has 1 N–H and O–H groups in total. The predicted octanol–water partition coefficient (Wildman–Crippen LogP) is 1.27. The standard InChI is InChI=1S/C22H24N4O5/c1-4-11-26-21(28)19-20(25(22(26)29)12-6-13-31-15(2)27)24-18(23-19)10-9-16-7-5-8-17(14-16)30-3/h1,5,7-8,14H,6,9-13H2,2-3H3,(H,23,24). The summed E-state index contributed by atoms with van der Waals surface area (Å²) in [5.41, 5.74) is 0.511. The minimum absolute atomic E-state index is 0.143. The number of esters is 1. The van der Waals surface area contributed by atoms with E-state index in [4.69, 9.17) is 15.9 Å². The first-order valence-corrected chi connectivity index (χ1v) is 9.86. The number of benzene rings is 1. The number of ether oxygens (including phenoxy) is 2. The van der Waals surface area contributed by atoms with Crippen LogP contribution < -0.4 is 16.0 Å². The van der Waals surface area contributed by atoms with Gasteiger partial charge in [0.2, 0.25) is 0 Å². The normalized spacial score (nSPS) is 10.7. The molecule has 9 nitrogen and oxygen atoms in total. The van der Waals surface area contributed by atoms with Gasteiger partial charge in [0, 0.05) is 19.9 Å². The van der Waals surface area contributed by atoms with Crippen LogP contribution in [0.5, 0.6) is 5.75 Å². The van der Waals surface area contributed by atoms with E-state index < -0.39 is 17.2 Å². The van der Waals surface area contributed by atoms with Crippen LogP contribution in [0, 0.1) is 12.3 Å². The van der Waals surface area contributed by atoms with Gasteiger partial charge in [-0.1, -0.05) is 18.1 Å². The van der Waals surface area contributed by atoms with Crippen molar-refractivity contribution in [2.45, 2.75) is 39.3 Å². The number of nitrogens with one attached hydrogen (secondary N) is 1. The lowest BCUT2D eigenvalue weighted by atomic mass is 10.1. The van der Waals surface area contributed by atoms with Crippen molar-refractivity contribution in [3.8, 4) is 18.1 Å². The maximum absolute atomic E-state index is 12.8. The van der Waals surface area contributed by atoms with E-state index in [1.54, 1.807) is 7.11 Å². The Morgan fingerprint density at radius 2 is 2.06 bits per heavy atom. The third kappa shape index (κ3) is 5.04. The van der Waals surface area contributed by atoms with Crippen molar-refractivity contribution >= 4 is 17.1 Å². The van der Waals surface area contributed by atoms with Gasteiger partial charge in [-0.2, -0.15) is 0 Å². The fourth-order valence-corrected chi connectivity index (χ4v) is 3.29. The third-order valence-corrected chi connectivity index (χ3v) is 4.78. The third-order valence-electron chi connectivity index (χ3n) is 4.78. The van der Waals surface area contributed by atoms with Crippen LogP contribution >= 0.6 is 0 Å². The van der Waals surface area contributed by atoms with Gasteiger partial charge in [0.25, 0.3) is 5.56 Å². The minimum atomic E-state index is -0.538. The Morgan fingerprint density at radius 3 is 2.77 bits per heavy atom. The SMILES string of the molecule is C#CCn1c(=O)c2[nH]c(CCc3cccc(OC)c3)nc2n(CCCOC(C)=O)c1=O. The lowest BCUT2D eigenvalue weighted by Crippen LogP contribution is -2.40. The van der Waals surface area contributed by atoms with Crippen LogP contribution in [0.3, 0.4) is 0 Å². The Hall–Kier alpha value is -3.80. The molecule has 0 bridgehead atoms. The molecule has 0 unspecified atom stereocenters. The number of H-pyrrole nitrogens is 1. The molecule has 0 saturated carbocycles. The summed E-state index contributed by atoms with van der Waals surface area (Å²) in [7, 11) is 1.61. The molecule has 0 amide bonds. The van der Waals surface area contributed by atoms with Gasteiger partial charge in [0.15, 0.2) is 5.65 Å². The predicted molar refractivity (Wildman–Crippen MR) is 115 cm³/mol. The number of hydrogen-bond donors (Lipinski definition) is 1. The van der Waals surface area contributed by atoms with Crippen molar-refractivity contribution in [3.05, 3.63) is 56.5 Å². The number of imidazole rings is 1. The molecule has 0 aliphatic rings. The summed E-state index contributed by atoms with van der Waals surface area (Å²) in [6, 6.07) is 7.70. The number of rotatable bonds is 9. The average Bonchev–Trinajstić information content (AvgIpc) is 3.19. The molecule has 9 heteroatoms. The van der Waals surface area contributed by atoms with E-state index in [1.165, 1.54) is 11.5 Å². The molecule has 2 heterocycles. The second-order valence-electron chi connectivity index (χ2n) is 6.96. The quantitative estimate of drug-likeness (QED) is 0.315. The van der Waals surface area contributed by atoms with Gasteiger partial charge in [-0.25, -0.2) is 14.3 Å². The first kappa shape index (κ1) is 21.9. The van der Waals surface area contributed by atoms with Crippen molar-refractivity contribution in [2.75, 3.05) is 13.7 Å². The number of aryl methyl sites for hydroxylation is 3. The molecule has 0 fully saturated rings. The van der Waals surface area contributed by atoms with Crippen LogP contribution in [-0.4, -0.2) is 38.8 Å². The average molecular weight is 424 g/mol. The van der Waals surface area contributed by atoms with E-state index in [1.807, 2.05) is 24.3 Å². The fraction of sp³-hybridized carbons (Fsp3) is 0.364. The van der Waals surface area contributed by atoms with Gasteiger partial charge in [-0.05, 0) is 30.5 Å².